The molecule has 1 unspecified atom stereocenters. The topological polar surface area (TPSA) is 37.3 Å². The first-order valence-corrected chi connectivity index (χ1v) is 5.71. The van der Waals surface area contributed by atoms with Crippen LogP contribution in [0.25, 0.3) is 0 Å². The zero-order chi connectivity index (χ0) is 11.5. The van der Waals surface area contributed by atoms with Crippen LogP contribution < -0.4 is 0 Å². The van der Waals surface area contributed by atoms with Gasteiger partial charge in [-0.15, -0.1) is 0 Å². The van der Waals surface area contributed by atoms with Crippen LogP contribution in [0.4, 0.5) is 0 Å². The molecule has 1 N–H and O–H groups in total. The van der Waals surface area contributed by atoms with E-state index >= 15 is 0 Å². The van der Waals surface area contributed by atoms with E-state index in [1.54, 1.807) is 6.92 Å². The Balaban J connectivity index is 3.38. The molecule has 0 spiro atoms. The molecule has 0 saturated heterocycles. The van der Waals surface area contributed by atoms with Crippen LogP contribution in [0.2, 0.25) is 0 Å². The van der Waals surface area contributed by atoms with E-state index in [0.717, 1.165) is 32.1 Å². The summed E-state index contributed by atoms with van der Waals surface area (Å²) in [5, 5.41) is 8.65. The van der Waals surface area contributed by atoms with Crippen molar-refractivity contribution in [1.82, 2.24) is 0 Å². The molecular weight excluding hydrogens is 188 g/mol. The highest BCUT2D eigenvalue weighted by atomic mass is 16.4. The number of unbranched alkanes of at least 4 members (excludes halogenated alkanes) is 1. The summed E-state index contributed by atoms with van der Waals surface area (Å²) in [7, 11) is 0. The molecule has 0 aliphatic rings. The fourth-order valence-electron chi connectivity index (χ4n) is 1.22. The van der Waals surface area contributed by atoms with E-state index in [9.17, 15) is 4.79 Å². The number of hydrogen-bond donors (Lipinski definition) is 1. The lowest BCUT2D eigenvalue weighted by Gasteiger charge is -2.02. The van der Waals surface area contributed by atoms with Gasteiger partial charge in [0.25, 0.3) is 0 Å². The molecule has 0 saturated carbocycles. The van der Waals surface area contributed by atoms with Crippen molar-refractivity contribution in [3.8, 4) is 0 Å². The van der Waals surface area contributed by atoms with Crippen molar-refractivity contribution in [3.05, 3.63) is 24.3 Å². The summed E-state index contributed by atoms with van der Waals surface area (Å²) in [6.07, 6.45) is 13.4. The van der Waals surface area contributed by atoms with Crippen LogP contribution in [-0.2, 0) is 4.79 Å². The van der Waals surface area contributed by atoms with Gasteiger partial charge in [-0.2, -0.15) is 0 Å². The first-order chi connectivity index (χ1) is 7.18. The molecule has 0 aromatic carbocycles. The minimum atomic E-state index is -0.690. The Morgan fingerprint density at radius 2 is 1.93 bits per heavy atom. The summed E-state index contributed by atoms with van der Waals surface area (Å²) >= 11 is 0. The van der Waals surface area contributed by atoms with Crippen LogP contribution in [0, 0.1) is 5.92 Å². The Hall–Kier alpha value is -1.05. The normalized spacial score (nSPS) is 13.7. The molecule has 0 aliphatic heterocycles. The molecule has 0 aliphatic carbocycles. The van der Waals surface area contributed by atoms with Crippen molar-refractivity contribution in [1.29, 1.82) is 0 Å². The SMILES string of the molecule is CCC=CCC=CCCCC(C)C(=O)O. The average molecular weight is 210 g/mol. The van der Waals surface area contributed by atoms with Crippen LogP contribution >= 0.6 is 0 Å². The van der Waals surface area contributed by atoms with Gasteiger partial charge in [-0.1, -0.05) is 38.2 Å². The van der Waals surface area contributed by atoms with E-state index in [0.29, 0.717) is 0 Å². The predicted octanol–water partition coefficient (Wildman–Crippen LogP) is 3.79. The highest BCUT2D eigenvalue weighted by Crippen LogP contribution is 2.08. The van der Waals surface area contributed by atoms with Gasteiger partial charge in [0, 0.05) is 0 Å². The summed E-state index contributed by atoms with van der Waals surface area (Å²) in [6.45, 7) is 3.88. The quantitative estimate of drug-likeness (QED) is 0.489. The van der Waals surface area contributed by atoms with Gasteiger partial charge >= 0.3 is 5.97 Å². The molecule has 0 heterocycles. The summed E-state index contributed by atoms with van der Waals surface area (Å²) in [6, 6.07) is 0. The molecule has 0 rings (SSSR count). The highest BCUT2D eigenvalue weighted by Gasteiger charge is 2.08. The maximum absolute atomic E-state index is 10.5. The monoisotopic (exact) mass is 210 g/mol. The molecule has 86 valence electrons. The summed E-state index contributed by atoms with van der Waals surface area (Å²) < 4.78 is 0. The van der Waals surface area contributed by atoms with Crippen LogP contribution in [0.5, 0.6) is 0 Å². The molecule has 15 heavy (non-hydrogen) atoms. The second kappa shape index (κ2) is 9.50. The van der Waals surface area contributed by atoms with Crippen LogP contribution in [-0.4, -0.2) is 11.1 Å². The molecule has 0 radical (unpaired) electrons. The molecule has 0 bridgehead atoms. The minimum Gasteiger partial charge on any atom is -0.481 e. The average Bonchev–Trinajstić information content (AvgIpc) is 2.21. The number of hydrogen-bond acceptors (Lipinski definition) is 1. The molecular formula is C13H22O2. The van der Waals surface area contributed by atoms with Crippen LogP contribution in [0.15, 0.2) is 24.3 Å². The summed E-state index contributed by atoms with van der Waals surface area (Å²) in [5.41, 5.74) is 0. The van der Waals surface area contributed by atoms with E-state index in [-0.39, 0.29) is 5.92 Å². The molecule has 2 nitrogen and oxygen atoms in total. The van der Waals surface area contributed by atoms with Gasteiger partial charge in [-0.05, 0) is 32.1 Å². The fraction of sp³-hybridized carbons (Fsp3) is 0.615. The lowest BCUT2D eigenvalue weighted by atomic mass is 10.0. The largest absolute Gasteiger partial charge is 0.481 e. The standard InChI is InChI=1S/C13H22O2/c1-3-4-5-6-7-8-9-10-11-12(2)13(14)15/h4-5,7-8,12H,3,6,9-11H2,1-2H3,(H,14,15). The van der Waals surface area contributed by atoms with E-state index < -0.39 is 5.97 Å². The van der Waals surface area contributed by atoms with E-state index in [1.807, 2.05) is 0 Å². The number of carboxylic acid groups (broad SMARTS) is 1. The fourth-order valence-corrected chi connectivity index (χ4v) is 1.22. The molecule has 0 fully saturated rings. The Bertz CT molecular complexity index is 217. The van der Waals surface area contributed by atoms with Crippen LogP contribution in [0.3, 0.4) is 0 Å². The second-order valence-electron chi connectivity index (χ2n) is 3.76. The van der Waals surface area contributed by atoms with Crippen molar-refractivity contribution in [3.63, 3.8) is 0 Å². The van der Waals surface area contributed by atoms with Crippen molar-refractivity contribution < 1.29 is 9.90 Å². The van der Waals surface area contributed by atoms with Gasteiger partial charge in [0.1, 0.15) is 0 Å². The van der Waals surface area contributed by atoms with Gasteiger partial charge in [0.2, 0.25) is 0 Å². The number of carbonyl (C=O) groups is 1. The minimum absolute atomic E-state index is 0.210. The number of aliphatic carboxylic acids is 1. The van der Waals surface area contributed by atoms with E-state index in [2.05, 4.69) is 31.2 Å². The van der Waals surface area contributed by atoms with Crippen molar-refractivity contribution in [2.24, 2.45) is 5.92 Å². The van der Waals surface area contributed by atoms with Crippen molar-refractivity contribution >= 4 is 5.97 Å². The number of allylic oxidation sites excluding steroid dienone is 4. The lowest BCUT2D eigenvalue weighted by molar-refractivity contribution is -0.141. The lowest BCUT2D eigenvalue weighted by Crippen LogP contribution is -2.08. The van der Waals surface area contributed by atoms with Gasteiger partial charge in [0.15, 0.2) is 0 Å². The van der Waals surface area contributed by atoms with Gasteiger partial charge < -0.3 is 5.11 Å². The molecule has 0 aromatic rings. The van der Waals surface area contributed by atoms with Gasteiger partial charge in [-0.25, -0.2) is 0 Å². The number of carboxylic acids is 1. The van der Waals surface area contributed by atoms with Gasteiger partial charge in [-0.3, -0.25) is 4.79 Å². The van der Waals surface area contributed by atoms with E-state index in [1.165, 1.54) is 0 Å². The van der Waals surface area contributed by atoms with Crippen molar-refractivity contribution in [2.45, 2.75) is 46.0 Å². The first-order valence-electron chi connectivity index (χ1n) is 5.71. The maximum Gasteiger partial charge on any atom is 0.306 e. The van der Waals surface area contributed by atoms with Crippen molar-refractivity contribution in [2.75, 3.05) is 0 Å². The Kier molecular flexibility index (Phi) is 8.84. The van der Waals surface area contributed by atoms with Gasteiger partial charge in [0.05, 0.1) is 5.92 Å². The molecule has 1 atom stereocenters. The summed E-state index contributed by atoms with van der Waals surface area (Å²) in [5.74, 6) is -0.900. The van der Waals surface area contributed by atoms with E-state index in [4.69, 9.17) is 5.11 Å². The first kappa shape index (κ1) is 13.9. The molecule has 0 aromatic heterocycles. The Morgan fingerprint density at radius 1 is 1.27 bits per heavy atom. The maximum atomic E-state index is 10.5. The Morgan fingerprint density at radius 3 is 2.53 bits per heavy atom. The molecule has 2 heteroatoms. The Labute approximate surface area is 92.7 Å². The molecule has 0 amide bonds. The zero-order valence-electron chi connectivity index (χ0n) is 9.78. The third kappa shape index (κ3) is 9.26. The van der Waals surface area contributed by atoms with Crippen LogP contribution in [0.1, 0.15) is 46.0 Å². The zero-order valence-corrected chi connectivity index (χ0v) is 9.78. The number of rotatable bonds is 8. The summed E-state index contributed by atoms with van der Waals surface area (Å²) in [4.78, 5) is 10.5. The third-order valence-corrected chi connectivity index (χ3v) is 2.27. The highest BCUT2D eigenvalue weighted by molar-refractivity contribution is 5.69. The third-order valence-electron chi connectivity index (χ3n) is 2.27. The smallest absolute Gasteiger partial charge is 0.306 e. The second-order valence-corrected chi connectivity index (χ2v) is 3.76. The predicted molar refractivity (Wildman–Crippen MR) is 63.8 cm³/mol.